The predicted octanol–water partition coefficient (Wildman–Crippen LogP) is 5.72. The normalized spacial score (nSPS) is 32.3. The van der Waals surface area contributed by atoms with Crippen LogP contribution in [0.4, 0.5) is 0 Å². The molecule has 39 heavy (non-hydrogen) atoms. The molecule has 2 N–H and O–H groups in total. The fourth-order valence-corrected chi connectivity index (χ4v) is 6.73. The van der Waals surface area contributed by atoms with Crippen LogP contribution in [0, 0.1) is 16.2 Å². The highest BCUT2D eigenvalue weighted by Gasteiger charge is 2.50. The van der Waals surface area contributed by atoms with E-state index in [2.05, 4.69) is 45.3 Å². The molecule has 1 unspecified atom stereocenters. The number of rotatable bonds is 5. The molecule has 3 rings (SSSR count). The Kier molecular flexibility index (Phi) is 11.3. The lowest BCUT2D eigenvalue weighted by molar-refractivity contribution is -0.285. The van der Waals surface area contributed by atoms with Gasteiger partial charge in [-0.1, -0.05) is 45.9 Å². The van der Waals surface area contributed by atoms with Crippen molar-refractivity contribution >= 4 is 5.97 Å². The van der Waals surface area contributed by atoms with Gasteiger partial charge in [-0.2, -0.15) is 0 Å². The number of hydrogen-bond donors (Lipinski definition) is 2. The third kappa shape index (κ3) is 8.91. The first-order valence-corrected chi connectivity index (χ1v) is 14.9. The summed E-state index contributed by atoms with van der Waals surface area (Å²) in [6.07, 6.45) is 4.31. The van der Waals surface area contributed by atoms with Crippen molar-refractivity contribution in [2.75, 3.05) is 26.7 Å². The standard InChI is InChI=1S/C32H54N2O5/c1-23-21-25(33-8)26(38-24-15-10-9-11-16-24)27(37-23)39-28-30(2,3)17-14-19-34-18-12-13-20-36-29(35)32(6,7)22-31(28,4)5/h9-11,15-16,23,25-28,33-34H,12-14,17-22H2,1-8H3/t23-,25+,26-,27+,28?/m1/s1. The van der Waals surface area contributed by atoms with Crippen LogP contribution in [0.3, 0.4) is 0 Å². The highest BCUT2D eigenvalue weighted by molar-refractivity contribution is 5.76. The van der Waals surface area contributed by atoms with Crippen LogP contribution in [0.2, 0.25) is 0 Å². The maximum atomic E-state index is 13.2. The molecule has 7 heteroatoms. The van der Waals surface area contributed by atoms with Crippen molar-refractivity contribution in [3.8, 4) is 5.75 Å². The average Bonchev–Trinajstić information content (AvgIpc) is 2.86. The Morgan fingerprint density at radius 1 is 0.974 bits per heavy atom. The molecule has 0 amide bonds. The van der Waals surface area contributed by atoms with Crippen LogP contribution in [-0.4, -0.2) is 63.4 Å². The van der Waals surface area contributed by atoms with Crippen molar-refractivity contribution in [2.24, 2.45) is 16.2 Å². The molecule has 2 saturated heterocycles. The number of benzene rings is 1. The molecule has 0 aliphatic carbocycles. The van der Waals surface area contributed by atoms with Gasteiger partial charge in [0.15, 0.2) is 12.4 Å². The minimum atomic E-state index is -0.645. The highest BCUT2D eigenvalue weighted by atomic mass is 16.7. The van der Waals surface area contributed by atoms with Gasteiger partial charge in [0.2, 0.25) is 0 Å². The van der Waals surface area contributed by atoms with E-state index in [1.54, 1.807) is 0 Å². The Morgan fingerprint density at radius 2 is 1.67 bits per heavy atom. The van der Waals surface area contributed by atoms with Crippen LogP contribution < -0.4 is 15.4 Å². The number of carbonyl (C=O) groups excluding carboxylic acids is 1. The van der Waals surface area contributed by atoms with E-state index >= 15 is 0 Å². The Labute approximate surface area is 237 Å². The van der Waals surface area contributed by atoms with E-state index in [4.69, 9.17) is 18.9 Å². The summed E-state index contributed by atoms with van der Waals surface area (Å²) < 4.78 is 25.9. The third-order valence-corrected chi connectivity index (χ3v) is 8.30. The molecule has 2 heterocycles. The lowest BCUT2D eigenvalue weighted by Gasteiger charge is -2.50. The minimum Gasteiger partial charge on any atom is -0.483 e. The summed E-state index contributed by atoms with van der Waals surface area (Å²) in [4.78, 5) is 13.2. The molecule has 7 nitrogen and oxygen atoms in total. The van der Waals surface area contributed by atoms with Crippen molar-refractivity contribution < 1.29 is 23.7 Å². The molecule has 0 spiro atoms. The monoisotopic (exact) mass is 546 g/mol. The highest BCUT2D eigenvalue weighted by Crippen LogP contribution is 2.47. The van der Waals surface area contributed by atoms with E-state index in [9.17, 15) is 4.79 Å². The SMILES string of the molecule is CN[C@H]1C[C@@H](C)O[C@@H](OC2C(C)(C)CCCNCCCCOC(=O)C(C)(C)CC2(C)C)[C@@H]1Oc1ccccc1. The zero-order valence-corrected chi connectivity index (χ0v) is 25.7. The van der Waals surface area contributed by atoms with Gasteiger partial charge in [0.25, 0.3) is 0 Å². The zero-order chi connectivity index (χ0) is 28.7. The van der Waals surface area contributed by atoms with Crippen molar-refractivity contribution in [1.82, 2.24) is 10.6 Å². The summed E-state index contributed by atoms with van der Waals surface area (Å²) in [5, 5.41) is 7.01. The van der Waals surface area contributed by atoms with Gasteiger partial charge in [0.05, 0.1) is 30.3 Å². The second-order valence-electron chi connectivity index (χ2n) is 13.6. The first-order valence-electron chi connectivity index (χ1n) is 14.9. The van der Waals surface area contributed by atoms with Crippen molar-refractivity contribution in [1.29, 1.82) is 0 Å². The zero-order valence-electron chi connectivity index (χ0n) is 25.7. The average molecular weight is 547 g/mol. The van der Waals surface area contributed by atoms with Gasteiger partial charge in [0.1, 0.15) is 5.75 Å². The Hall–Kier alpha value is -1.67. The van der Waals surface area contributed by atoms with Gasteiger partial charge in [-0.05, 0) is 102 Å². The molecule has 0 aromatic heterocycles. The lowest BCUT2D eigenvalue weighted by Crippen LogP contribution is -2.59. The van der Waals surface area contributed by atoms with Gasteiger partial charge in [-0.3, -0.25) is 4.79 Å². The van der Waals surface area contributed by atoms with Crippen LogP contribution >= 0.6 is 0 Å². The first kappa shape index (κ1) is 31.9. The Bertz CT molecular complexity index is 888. The van der Waals surface area contributed by atoms with E-state index < -0.39 is 11.7 Å². The number of cyclic esters (lactones) is 1. The number of likely N-dealkylation sites (N-methyl/N-ethyl adjacent to an activating group) is 1. The van der Waals surface area contributed by atoms with Crippen molar-refractivity contribution in [2.45, 2.75) is 118 Å². The van der Waals surface area contributed by atoms with Crippen LogP contribution in [0.5, 0.6) is 5.75 Å². The van der Waals surface area contributed by atoms with Crippen LogP contribution in [-0.2, 0) is 19.0 Å². The van der Waals surface area contributed by atoms with E-state index in [1.165, 1.54) is 0 Å². The number of esters is 1. The van der Waals surface area contributed by atoms with Gasteiger partial charge in [-0.25, -0.2) is 0 Å². The summed E-state index contributed by atoms with van der Waals surface area (Å²) in [7, 11) is 1.97. The molecule has 2 aliphatic rings. The second kappa shape index (κ2) is 13.8. The molecular weight excluding hydrogens is 492 g/mol. The van der Waals surface area contributed by atoms with E-state index in [1.807, 2.05) is 51.2 Å². The summed E-state index contributed by atoms with van der Waals surface area (Å²) in [6.45, 7) is 17.5. The van der Waals surface area contributed by atoms with Crippen molar-refractivity contribution in [3.05, 3.63) is 30.3 Å². The third-order valence-electron chi connectivity index (χ3n) is 8.30. The molecule has 5 atom stereocenters. The Morgan fingerprint density at radius 3 is 2.36 bits per heavy atom. The van der Waals surface area contributed by atoms with Gasteiger partial charge < -0.3 is 29.6 Å². The molecular formula is C32H54N2O5. The lowest BCUT2D eigenvalue weighted by atomic mass is 9.64. The van der Waals surface area contributed by atoms with Crippen LogP contribution in [0.15, 0.2) is 30.3 Å². The fourth-order valence-electron chi connectivity index (χ4n) is 6.73. The number of nitrogens with one attached hydrogen (secondary N) is 2. The summed E-state index contributed by atoms with van der Waals surface area (Å²) in [5.41, 5.74) is -1.17. The molecule has 0 bridgehead atoms. The molecule has 2 fully saturated rings. The van der Waals surface area contributed by atoms with Crippen LogP contribution in [0.25, 0.3) is 0 Å². The second-order valence-corrected chi connectivity index (χ2v) is 13.6. The number of ether oxygens (including phenoxy) is 4. The topological polar surface area (TPSA) is 78.0 Å². The largest absolute Gasteiger partial charge is 0.483 e. The molecule has 1 aromatic carbocycles. The van der Waals surface area contributed by atoms with E-state index in [-0.39, 0.29) is 41.2 Å². The number of hydrogen-bond acceptors (Lipinski definition) is 7. The molecule has 0 saturated carbocycles. The van der Waals surface area contributed by atoms with E-state index in [0.717, 1.165) is 50.9 Å². The first-order chi connectivity index (χ1) is 18.4. The number of carbonyl (C=O) groups is 1. The fraction of sp³-hybridized carbons (Fsp3) is 0.781. The summed E-state index contributed by atoms with van der Waals surface area (Å²) >= 11 is 0. The molecule has 1 aromatic rings. The molecule has 2 aliphatic heterocycles. The van der Waals surface area contributed by atoms with E-state index in [0.29, 0.717) is 13.0 Å². The quantitative estimate of drug-likeness (QED) is 0.458. The summed E-state index contributed by atoms with van der Waals surface area (Å²) in [6, 6.07) is 9.96. The van der Waals surface area contributed by atoms with Gasteiger partial charge >= 0.3 is 5.97 Å². The Balaban J connectivity index is 1.94. The van der Waals surface area contributed by atoms with Crippen LogP contribution in [0.1, 0.15) is 87.0 Å². The van der Waals surface area contributed by atoms with Crippen molar-refractivity contribution in [3.63, 3.8) is 0 Å². The molecule has 0 radical (unpaired) electrons. The minimum absolute atomic E-state index is 0.0205. The number of para-hydroxylation sites is 1. The van der Waals surface area contributed by atoms with Gasteiger partial charge in [0, 0.05) is 0 Å². The summed E-state index contributed by atoms with van der Waals surface area (Å²) in [5.74, 6) is 0.656. The molecule has 222 valence electrons. The smallest absolute Gasteiger partial charge is 0.311 e. The maximum absolute atomic E-state index is 13.2. The van der Waals surface area contributed by atoms with Gasteiger partial charge in [-0.15, -0.1) is 0 Å². The predicted molar refractivity (Wildman–Crippen MR) is 156 cm³/mol. The maximum Gasteiger partial charge on any atom is 0.311 e.